The Bertz CT molecular complexity index is 300. The Morgan fingerprint density at radius 1 is 1.40 bits per heavy atom. The lowest BCUT2D eigenvalue weighted by molar-refractivity contribution is -0.0227. The van der Waals surface area contributed by atoms with Crippen LogP contribution < -0.4 is 9.47 Å². The summed E-state index contributed by atoms with van der Waals surface area (Å²) in [6.07, 6.45) is 0. The highest BCUT2D eigenvalue weighted by Gasteiger charge is 2.35. The van der Waals surface area contributed by atoms with E-state index in [1.54, 1.807) is 18.4 Å². The van der Waals surface area contributed by atoms with Crippen LogP contribution in [0.4, 0.5) is 0 Å². The Kier molecular flexibility index (Phi) is 3.14. The van der Waals surface area contributed by atoms with E-state index in [4.69, 9.17) is 14.2 Å². The fourth-order valence-electron chi connectivity index (χ4n) is 1.51. The standard InChI is InChI=1S/C10H14O4S/c1-12-5-10(4-11)6-13-8-2-15-3-9(8)14-7-10/h2-3,11H,4-7H2,1H3. The van der Waals surface area contributed by atoms with Gasteiger partial charge < -0.3 is 19.3 Å². The summed E-state index contributed by atoms with van der Waals surface area (Å²) in [5.74, 6) is 1.51. The molecule has 2 heterocycles. The van der Waals surface area contributed by atoms with Crippen molar-refractivity contribution in [1.29, 1.82) is 0 Å². The van der Waals surface area contributed by atoms with Crippen molar-refractivity contribution >= 4 is 11.3 Å². The van der Waals surface area contributed by atoms with Gasteiger partial charge in [0.2, 0.25) is 0 Å². The molecule has 0 radical (unpaired) electrons. The molecule has 5 heteroatoms. The Morgan fingerprint density at radius 2 is 2.00 bits per heavy atom. The number of thiophene rings is 1. The van der Waals surface area contributed by atoms with Crippen molar-refractivity contribution in [3.8, 4) is 11.5 Å². The first-order valence-electron chi connectivity index (χ1n) is 4.71. The van der Waals surface area contributed by atoms with Gasteiger partial charge in [-0.1, -0.05) is 0 Å². The van der Waals surface area contributed by atoms with Gasteiger partial charge >= 0.3 is 0 Å². The number of methoxy groups -OCH3 is 1. The molecule has 1 aromatic rings. The van der Waals surface area contributed by atoms with Gasteiger partial charge in [0, 0.05) is 17.9 Å². The molecule has 15 heavy (non-hydrogen) atoms. The third-order valence-corrected chi connectivity index (χ3v) is 3.15. The molecule has 0 aliphatic carbocycles. The van der Waals surface area contributed by atoms with Gasteiger partial charge in [-0.15, -0.1) is 11.3 Å². The van der Waals surface area contributed by atoms with Gasteiger partial charge in [-0.3, -0.25) is 0 Å². The minimum atomic E-state index is -0.453. The first-order valence-corrected chi connectivity index (χ1v) is 5.65. The van der Waals surface area contributed by atoms with Gasteiger partial charge in [-0.25, -0.2) is 0 Å². The van der Waals surface area contributed by atoms with Crippen LogP contribution in [0.15, 0.2) is 10.8 Å². The molecule has 0 aromatic carbocycles. The largest absolute Gasteiger partial charge is 0.488 e. The fraction of sp³-hybridized carbons (Fsp3) is 0.600. The van der Waals surface area contributed by atoms with Crippen LogP contribution in [0.2, 0.25) is 0 Å². The van der Waals surface area contributed by atoms with E-state index in [-0.39, 0.29) is 6.61 Å². The normalized spacial score (nSPS) is 18.5. The molecule has 84 valence electrons. The highest BCUT2D eigenvalue weighted by molar-refractivity contribution is 7.08. The molecule has 1 N–H and O–H groups in total. The quantitative estimate of drug-likeness (QED) is 0.846. The summed E-state index contributed by atoms with van der Waals surface area (Å²) >= 11 is 1.54. The van der Waals surface area contributed by atoms with Gasteiger partial charge in [0.1, 0.15) is 13.2 Å². The molecule has 0 amide bonds. The number of aliphatic hydroxyl groups excluding tert-OH is 1. The minimum absolute atomic E-state index is 0.00541. The summed E-state index contributed by atoms with van der Waals surface area (Å²) < 4.78 is 16.3. The van der Waals surface area contributed by atoms with E-state index in [0.717, 1.165) is 11.5 Å². The van der Waals surface area contributed by atoms with Crippen LogP contribution in [-0.2, 0) is 4.74 Å². The summed E-state index contributed by atoms with van der Waals surface area (Å²) in [4.78, 5) is 0. The Balaban J connectivity index is 2.12. The van der Waals surface area contributed by atoms with Crippen LogP contribution in [-0.4, -0.2) is 38.6 Å². The molecule has 0 saturated carbocycles. The molecule has 0 bridgehead atoms. The number of hydrogen-bond acceptors (Lipinski definition) is 5. The maximum atomic E-state index is 9.38. The fourth-order valence-corrected chi connectivity index (χ4v) is 2.20. The Labute approximate surface area is 92.4 Å². The first-order chi connectivity index (χ1) is 7.29. The highest BCUT2D eigenvalue weighted by Crippen LogP contribution is 2.36. The van der Waals surface area contributed by atoms with E-state index in [0.29, 0.717) is 19.8 Å². The molecule has 4 nitrogen and oxygen atoms in total. The first kappa shape index (κ1) is 10.7. The second-order valence-corrected chi connectivity index (χ2v) is 4.51. The van der Waals surface area contributed by atoms with Crippen LogP contribution in [0.3, 0.4) is 0 Å². The van der Waals surface area contributed by atoms with E-state index >= 15 is 0 Å². The van der Waals surface area contributed by atoms with E-state index < -0.39 is 5.41 Å². The molecule has 0 fully saturated rings. The van der Waals surface area contributed by atoms with Crippen LogP contribution in [0.1, 0.15) is 0 Å². The lowest BCUT2D eigenvalue weighted by Crippen LogP contribution is -2.41. The van der Waals surface area contributed by atoms with Gasteiger partial charge in [0.25, 0.3) is 0 Å². The van der Waals surface area contributed by atoms with Gasteiger partial charge in [-0.2, -0.15) is 0 Å². The molecular weight excluding hydrogens is 216 g/mol. The minimum Gasteiger partial charge on any atom is -0.488 e. The smallest absolute Gasteiger partial charge is 0.171 e. The summed E-state index contributed by atoms with van der Waals surface area (Å²) in [5, 5.41) is 13.2. The van der Waals surface area contributed by atoms with Gasteiger partial charge in [0.15, 0.2) is 11.5 Å². The van der Waals surface area contributed by atoms with Crippen LogP contribution in [0.5, 0.6) is 11.5 Å². The monoisotopic (exact) mass is 230 g/mol. The van der Waals surface area contributed by atoms with Crippen molar-refractivity contribution in [3.05, 3.63) is 10.8 Å². The number of rotatable bonds is 3. The van der Waals surface area contributed by atoms with Crippen molar-refractivity contribution < 1.29 is 19.3 Å². The number of aliphatic hydroxyl groups is 1. The molecule has 0 atom stereocenters. The van der Waals surface area contributed by atoms with Crippen molar-refractivity contribution in [3.63, 3.8) is 0 Å². The van der Waals surface area contributed by atoms with Crippen molar-refractivity contribution in [2.24, 2.45) is 5.41 Å². The second-order valence-electron chi connectivity index (χ2n) is 3.77. The molecular formula is C10H14O4S. The average molecular weight is 230 g/mol. The van der Waals surface area contributed by atoms with E-state index in [1.807, 2.05) is 10.8 Å². The zero-order valence-electron chi connectivity index (χ0n) is 8.56. The van der Waals surface area contributed by atoms with Crippen molar-refractivity contribution in [2.75, 3.05) is 33.5 Å². The highest BCUT2D eigenvalue weighted by atomic mass is 32.1. The third kappa shape index (κ3) is 2.09. The van der Waals surface area contributed by atoms with Crippen molar-refractivity contribution in [1.82, 2.24) is 0 Å². The van der Waals surface area contributed by atoms with Crippen molar-refractivity contribution in [2.45, 2.75) is 0 Å². The predicted octanol–water partition coefficient (Wildman–Crippen LogP) is 1.14. The zero-order valence-corrected chi connectivity index (χ0v) is 9.38. The topological polar surface area (TPSA) is 47.9 Å². The van der Waals surface area contributed by atoms with Crippen LogP contribution in [0, 0.1) is 5.41 Å². The second kappa shape index (κ2) is 4.38. The van der Waals surface area contributed by atoms with Gasteiger partial charge in [-0.05, 0) is 0 Å². The van der Waals surface area contributed by atoms with E-state index in [1.165, 1.54) is 0 Å². The third-order valence-electron chi connectivity index (χ3n) is 2.45. The lowest BCUT2D eigenvalue weighted by Gasteiger charge is -2.27. The van der Waals surface area contributed by atoms with Crippen LogP contribution in [0.25, 0.3) is 0 Å². The van der Waals surface area contributed by atoms with Gasteiger partial charge in [0.05, 0.1) is 18.6 Å². The summed E-state index contributed by atoms with van der Waals surface area (Å²) in [5.41, 5.74) is -0.453. The molecule has 2 rings (SSSR count). The predicted molar refractivity (Wildman–Crippen MR) is 56.7 cm³/mol. The Hall–Kier alpha value is -0.780. The lowest BCUT2D eigenvalue weighted by atomic mass is 9.92. The summed E-state index contributed by atoms with van der Waals surface area (Å²) in [7, 11) is 1.61. The summed E-state index contributed by atoms with van der Waals surface area (Å²) in [6, 6.07) is 0. The number of fused-ring (bicyclic) bond motifs is 1. The summed E-state index contributed by atoms with van der Waals surface area (Å²) in [6.45, 7) is 1.26. The Morgan fingerprint density at radius 3 is 2.47 bits per heavy atom. The van der Waals surface area contributed by atoms with E-state index in [2.05, 4.69) is 0 Å². The maximum absolute atomic E-state index is 9.38. The molecule has 1 aliphatic rings. The van der Waals surface area contributed by atoms with E-state index in [9.17, 15) is 5.11 Å². The molecule has 0 saturated heterocycles. The molecule has 0 spiro atoms. The average Bonchev–Trinajstić information content (AvgIpc) is 2.64. The SMILES string of the molecule is COCC1(CO)COc2cscc2OC1. The number of hydrogen-bond donors (Lipinski definition) is 1. The molecule has 1 aromatic heterocycles. The molecule has 1 aliphatic heterocycles. The van der Waals surface area contributed by atoms with Crippen LogP contribution >= 0.6 is 11.3 Å². The maximum Gasteiger partial charge on any atom is 0.171 e. The molecule has 0 unspecified atom stereocenters. The number of ether oxygens (including phenoxy) is 3. The zero-order chi connectivity index (χ0) is 10.7.